The van der Waals surface area contributed by atoms with Crippen LogP contribution in [0.5, 0.6) is 0 Å². The van der Waals surface area contributed by atoms with Crippen LogP contribution in [-0.4, -0.2) is 9.13 Å². The summed E-state index contributed by atoms with van der Waals surface area (Å²) in [5, 5.41) is 3.62. The Morgan fingerprint density at radius 1 is 0.340 bits per heavy atom. The molecular weight excluding hydrogens is 605 g/mol. The number of nitrogens with zero attached hydrogens (tertiary/aromatic N) is 2. The maximum Gasteiger partial charge on any atom is 0.0541 e. The van der Waals surface area contributed by atoms with Crippen LogP contribution in [0.2, 0.25) is 0 Å². The van der Waals surface area contributed by atoms with E-state index in [4.69, 9.17) is 0 Å². The van der Waals surface area contributed by atoms with Gasteiger partial charge in [-0.15, -0.1) is 0 Å². The molecule has 50 heavy (non-hydrogen) atoms. The molecule has 0 amide bonds. The van der Waals surface area contributed by atoms with Crippen LogP contribution in [0.4, 0.5) is 0 Å². The van der Waals surface area contributed by atoms with Crippen LogP contribution in [0.25, 0.3) is 89.6 Å². The van der Waals surface area contributed by atoms with Crippen LogP contribution in [0.3, 0.4) is 0 Å². The molecule has 0 aliphatic carbocycles. The minimum Gasteiger partial charge on any atom is -0.309 e. The minimum atomic E-state index is 1.04. The van der Waals surface area contributed by atoms with E-state index >= 15 is 0 Å². The normalized spacial score (nSPS) is 11.4. The van der Waals surface area contributed by atoms with Crippen molar-refractivity contribution in [2.75, 3.05) is 0 Å². The zero-order valence-electron chi connectivity index (χ0n) is 27.6. The second-order valence-electron chi connectivity index (χ2n) is 12.7. The monoisotopic (exact) mass is 638 g/mol. The fourth-order valence-corrected chi connectivity index (χ4v) is 7.53. The van der Waals surface area contributed by atoms with E-state index in [1.807, 2.05) is 18.2 Å². The fourth-order valence-electron chi connectivity index (χ4n) is 7.53. The van der Waals surface area contributed by atoms with Gasteiger partial charge in [-0.3, -0.25) is 0 Å². The summed E-state index contributed by atoms with van der Waals surface area (Å²) in [4.78, 5) is 0. The first-order chi connectivity index (χ1) is 24.7. The Morgan fingerprint density at radius 3 is 1.54 bits per heavy atom. The molecule has 0 unspecified atom stereocenters. The number of hydrogen-bond donors (Lipinski definition) is 0. The van der Waals surface area contributed by atoms with Gasteiger partial charge in [0.25, 0.3) is 0 Å². The predicted octanol–water partition coefficient (Wildman–Crippen LogP) is 13.0. The van der Waals surface area contributed by atoms with Crippen LogP contribution in [-0.2, 0) is 0 Å². The van der Waals surface area contributed by atoms with Crippen molar-refractivity contribution in [1.29, 1.82) is 0 Å². The molecular formula is C48H34N2. The Kier molecular flexibility index (Phi) is 7.14. The van der Waals surface area contributed by atoms with E-state index in [0.29, 0.717) is 0 Å². The molecule has 2 heterocycles. The summed E-state index contributed by atoms with van der Waals surface area (Å²) < 4.78 is 4.68. The number of para-hydroxylation sites is 1. The molecule has 7 aromatic carbocycles. The zero-order chi connectivity index (χ0) is 33.6. The molecule has 2 heteroatoms. The van der Waals surface area contributed by atoms with Gasteiger partial charge in [0.05, 0.1) is 22.2 Å². The molecule has 0 aliphatic rings. The molecule has 2 aromatic heterocycles. The predicted molar refractivity (Wildman–Crippen MR) is 214 cm³/mol. The van der Waals surface area contributed by atoms with Crippen LogP contribution >= 0.6 is 0 Å². The molecule has 0 saturated carbocycles. The van der Waals surface area contributed by atoms with E-state index in [2.05, 4.69) is 186 Å². The molecule has 0 atom stereocenters. The van der Waals surface area contributed by atoms with E-state index in [1.165, 1.54) is 49.6 Å². The number of aromatic nitrogens is 2. The molecule has 2 nitrogen and oxygen atoms in total. The van der Waals surface area contributed by atoms with E-state index < -0.39 is 0 Å². The quantitative estimate of drug-likeness (QED) is 0.164. The second-order valence-corrected chi connectivity index (χ2v) is 12.7. The lowest BCUT2D eigenvalue weighted by Gasteiger charge is -2.11. The number of benzene rings is 7. The first-order valence-corrected chi connectivity index (χ1v) is 17.0. The molecule has 0 radical (unpaired) electrons. The first-order valence-electron chi connectivity index (χ1n) is 17.0. The van der Waals surface area contributed by atoms with Crippen molar-refractivity contribution in [3.8, 4) is 44.8 Å². The van der Waals surface area contributed by atoms with Gasteiger partial charge >= 0.3 is 0 Å². The van der Waals surface area contributed by atoms with Crippen molar-refractivity contribution in [3.05, 3.63) is 194 Å². The molecule has 0 bridgehead atoms. The SMILES string of the molecule is C=Cc1c(C=C)n(-c2ccc(-c3ccccc3)cc2)c2ccc(-c3ccc4c(c3)c3ccccc3n4-c3cccc(-c4ccccc4)c3)cc12. The second kappa shape index (κ2) is 12.1. The van der Waals surface area contributed by atoms with Crippen LogP contribution in [0.1, 0.15) is 11.3 Å². The molecule has 9 aromatic rings. The molecule has 0 spiro atoms. The summed E-state index contributed by atoms with van der Waals surface area (Å²) in [6.07, 6.45) is 3.90. The van der Waals surface area contributed by atoms with E-state index in [0.717, 1.165) is 39.1 Å². The summed E-state index contributed by atoms with van der Waals surface area (Å²) in [7, 11) is 0. The van der Waals surface area contributed by atoms with E-state index in [9.17, 15) is 0 Å². The lowest BCUT2D eigenvalue weighted by molar-refractivity contribution is 1.11. The molecule has 9 rings (SSSR count). The van der Waals surface area contributed by atoms with Gasteiger partial charge in [-0.1, -0.05) is 134 Å². The Bertz CT molecular complexity index is 2710. The third kappa shape index (κ3) is 4.81. The van der Waals surface area contributed by atoms with Gasteiger partial charge in [-0.2, -0.15) is 0 Å². The van der Waals surface area contributed by atoms with E-state index in [1.54, 1.807) is 0 Å². The van der Waals surface area contributed by atoms with Gasteiger partial charge in [0.15, 0.2) is 0 Å². The van der Waals surface area contributed by atoms with Gasteiger partial charge in [0.2, 0.25) is 0 Å². The minimum absolute atomic E-state index is 1.04. The smallest absolute Gasteiger partial charge is 0.0541 e. The number of fused-ring (bicyclic) bond motifs is 4. The zero-order valence-corrected chi connectivity index (χ0v) is 27.6. The Morgan fingerprint density at radius 2 is 0.860 bits per heavy atom. The van der Waals surface area contributed by atoms with Crippen molar-refractivity contribution in [1.82, 2.24) is 9.13 Å². The summed E-state index contributed by atoms with van der Waals surface area (Å²) in [5.74, 6) is 0. The Hall–Kier alpha value is -6.64. The van der Waals surface area contributed by atoms with Crippen molar-refractivity contribution in [2.45, 2.75) is 0 Å². The van der Waals surface area contributed by atoms with Gasteiger partial charge in [0, 0.05) is 33.1 Å². The summed E-state index contributed by atoms with van der Waals surface area (Å²) in [6.45, 7) is 8.43. The molecule has 0 fully saturated rings. The maximum atomic E-state index is 4.22. The standard InChI is InChI=1S/C48H34N2/c1-3-41-43-31-37(24-28-47(43)49(45(41)4-2)39-26-22-35(23-27-39)33-14-7-5-8-15-33)38-25-29-48-44(32-38)42-20-11-12-21-46(42)50(48)40-19-13-18-36(30-40)34-16-9-6-10-17-34/h3-32H,1-2H2. The molecule has 0 N–H and O–H groups in total. The average molecular weight is 639 g/mol. The van der Waals surface area contributed by atoms with E-state index in [-0.39, 0.29) is 0 Å². The molecule has 0 saturated heterocycles. The topological polar surface area (TPSA) is 9.86 Å². The van der Waals surface area contributed by atoms with Crippen LogP contribution in [0.15, 0.2) is 183 Å². The van der Waals surface area contributed by atoms with Crippen molar-refractivity contribution >= 4 is 44.9 Å². The first kappa shape index (κ1) is 29.5. The summed E-state index contributed by atoms with van der Waals surface area (Å²) in [6, 6.07) is 61.0. The lowest BCUT2D eigenvalue weighted by atomic mass is 10.00. The maximum absolute atomic E-state index is 4.22. The van der Waals surface area contributed by atoms with Gasteiger partial charge in [-0.25, -0.2) is 0 Å². The Labute approximate surface area is 292 Å². The number of hydrogen-bond acceptors (Lipinski definition) is 0. The lowest BCUT2D eigenvalue weighted by Crippen LogP contribution is -1.97. The van der Waals surface area contributed by atoms with Gasteiger partial charge in [-0.05, 0) is 94.1 Å². The van der Waals surface area contributed by atoms with Crippen molar-refractivity contribution in [2.24, 2.45) is 0 Å². The van der Waals surface area contributed by atoms with Crippen LogP contribution in [0, 0.1) is 0 Å². The van der Waals surface area contributed by atoms with Gasteiger partial charge in [0.1, 0.15) is 0 Å². The van der Waals surface area contributed by atoms with Gasteiger partial charge < -0.3 is 9.13 Å². The summed E-state index contributed by atoms with van der Waals surface area (Å²) in [5.41, 5.74) is 15.0. The molecule has 0 aliphatic heterocycles. The number of rotatable bonds is 7. The summed E-state index contributed by atoms with van der Waals surface area (Å²) >= 11 is 0. The largest absolute Gasteiger partial charge is 0.309 e. The highest BCUT2D eigenvalue weighted by molar-refractivity contribution is 6.11. The Balaban J connectivity index is 1.16. The highest BCUT2D eigenvalue weighted by atomic mass is 15.0. The highest BCUT2D eigenvalue weighted by Crippen LogP contribution is 2.38. The third-order valence-corrected chi connectivity index (χ3v) is 9.89. The van der Waals surface area contributed by atoms with Crippen LogP contribution < -0.4 is 0 Å². The highest BCUT2D eigenvalue weighted by Gasteiger charge is 2.18. The molecule has 236 valence electrons. The fraction of sp³-hybridized carbons (Fsp3) is 0. The average Bonchev–Trinajstić information content (AvgIpc) is 3.70. The third-order valence-electron chi connectivity index (χ3n) is 9.89. The van der Waals surface area contributed by atoms with Crippen molar-refractivity contribution in [3.63, 3.8) is 0 Å². The van der Waals surface area contributed by atoms with Crippen molar-refractivity contribution < 1.29 is 0 Å².